The number of nitrogens with two attached hydrogens (primary N) is 5. The topological polar surface area (TPSA) is 237 Å². The maximum Gasteiger partial charge on any atom is 0.360 e. The number of hydrogen-bond donors (Lipinski definition) is 6. The van der Waals surface area contributed by atoms with E-state index in [0.29, 0.717) is 13.1 Å². The minimum absolute atomic E-state index is 0.00968. The molecule has 2 heterocycles. The molecule has 0 saturated heterocycles. The average Bonchev–Trinajstić information content (AvgIpc) is 2.65. The lowest BCUT2D eigenvalue weighted by atomic mass is 10.3. The molecule has 15 heteroatoms. The number of esters is 1. The molecule has 0 aliphatic carbocycles. The summed E-state index contributed by atoms with van der Waals surface area (Å²) in [5.74, 6) is -1.38. The van der Waals surface area contributed by atoms with Gasteiger partial charge < -0.3 is 38.7 Å². The van der Waals surface area contributed by atoms with Crippen LogP contribution >= 0.6 is 23.2 Å². The third kappa shape index (κ3) is 5.94. The van der Waals surface area contributed by atoms with Crippen LogP contribution in [-0.2, 0) is 4.74 Å². The van der Waals surface area contributed by atoms with Crippen molar-refractivity contribution in [3.8, 4) is 0 Å². The number of amides is 1. The number of aromatic nitrogens is 4. The van der Waals surface area contributed by atoms with Gasteiger partial charge in [-0.15, -0.1) is 0 Å². The molecule has 2 rings (SSSR count). The second kappa shape index (κ2) is 10.2. The standard InChI is InChI=1S/C7H11ClN6O.C6H7ClN4O2/c8-4-6(11)14-5(10)3(13-4)7(15)12-2-1-9;1-13-6(12)2-4(8)11-5(9)3(7)10-2/h1-2,9H2,(H,12,15)(H4,10,11,14);1H3,(H4,8,9,11). The maximum absolute atomic E-state index is 11.4. The number of nitrogen functional groups attached to an aromatic ring is 4. The summed E-state index contributed by atoms with van der Waals surface area (Å²) in [4.78, 5) is 37.1. The Kier molecular flexibility index (Phi) is 8.37. The largest absolute Gasteiger partial charge is 0.464 e. The van der Waals surface area contributed by atoms with E-state index in [9.17, 15) is 9.59 Å². The number of ether oxygens (including phenoxy) is 1. The molecule has 152 valence electrons. The van der Waals surface area contributed by atoms with Crippen LogP contribution in [0.5, 0.6) is 0 Å². The summed E-state index contributed by atoms with van der Waals surface area (Å²) < 4.78 is 4.39. The number of anilines is 4. The minimum Gasteiger partial charge on any atom is -0.464 e. The van der Waals surface area contributed by atoms with E-state index in [1.807, 2.05) is 0 Å². The van der Waals surface area contributed by atoms with Crippen LogP contribution in [0.2, 0.25) is 10.3 Å². The number of rotatable bonds is 4. The molecule has 0 spiro atoms. The lowest BCUT2D eigenvalue weighted by Gasteiger charge is -2.06. The molecule has 1 amide bonds. The molecule has 28 heavy (non-hydrogen) atoms. The van der Waals surface area contributed by atoms with Crippen molar-refractivity contribution in [1.29, 1.82) is 0 Å². The van der Waals surface area contributed by atoms with E-state index in [2.05, 4.69) is 30.0 Å². The number of halogens is 2. The Morgan fingerprint density at radius 1 is 0.893 bits per heavy atom. The van der Waals surface area contributed by atoms with Crippen LogP contribution in [0.1, 0.15) is 21.0 Å². The van der Waals surface area contributed by atoms with E-state index in [-0.39, 0.29) is 45.0 Å². The van der Waals surface area contributed by atoms with E-state index >= 15 is 0 Å². The van der Waals surface area contributed by atoms with Gasteiger partial charge in [-0.25, -0.2) is 24.7 Å². The van der Waals surface area contributed by atoms with Crippen LogP contribution in [0.15, 0.2) is 0 Å². The molecule has 0 saturated carbocycles. The predicted molar refractivity (Wildman–Crippen MR) is 104 cm³/mol. The first-order valence-corrected chi connectivity index (χ1v) is 8.11. The fourth-order valence-corrected chi connectivity index (χ4v) is 1.82. The van der Waals surface area contributed by atoms with Gasteiger partial charge in [0, 0.05) is 13.1 Å². The molecule has 0 radical (unpaired) electrons. The van der Waals surface area contributed by atoms with Crippen molar-refractivity contribution in [3.63, 3.8) is 0 Å². The van der Waals surface area contributed by atoms with Gasteiger partial charge in [0.25, 0.3) is 5.91 Å². The summed E-state index contributed by atoms with van der Waals surface area (Å²) >= 11 is 11.1. The van der Waals surface area contributed by atoms with Gasteiger partial charge in [0.1, 0.15) is 0 Å². The Bertz CT molecular complexity index is 880. The number of hydrogen-bond acceptors (Lipinski definition) is 12. The number of carbonyl (C=O) groups excluding carboxylic acids is 2. The van der Waals surface area contributed by atoms with E-state index in [1.54, 1.807) is 0 Å². The van der Waals surface area contributed by atoms with E-state index in [0.717, 1.165) is 0 Å². The highest BCUT2D eigenvalue weighted by Crippen LogP contribution is 2.18. The molecule has 0 unspecified atom stereocenters. The SMILES string of the molecule is COC(=O)c1nc(Cl)c(N)nc1N.NCCNC(=O)c1nc(Cl)c(N)nc1N. The molecular formula is C13H18Cl2N10O3. The molecule has 13 nitrogen and oxygen atoms in total. The van der Waals surface area contributed by atoms with Gasteiger partial charge in [-0.1, -0.05) is 23.2 Å². The maximum atomic E-state index is 11.4. The summed E-state index contributed by atoms with van der Waals surface area (Å²) in [5, 5.41) is 2.36. The normalized spacial score (nSPS) is 9.86. The Hall–Kier alpha value is -3.16. The first-order valence-electron chi connectivity index (χ1n) is 7.35. The molecule has 0 aliphatic rings. The van der Waals surface area contributed by atoms with Crippen molar-refractivity contribution in [2.75, 3.05) is 43.1 Å². The van der Waals surface area contributed by atoms with Crippen molar-refractivity contribution in [2.24, 2.45) is 5.73 Å². The monoisotopic (exact) mass is 432 g/mol. The summed E-state index contributed by atoms with van der Waals surface area (Å²) in [6.07, 6.45) is 0. The van der Waals surface area contributed by atoms with Gasteiger partial charge in [0.15, 0.2) is 45.0 Å². The first kappa shape index (κ1) is 22.9. The molecule has 0 aromatic carbocycles. The van der Waals surface area contributed by atoms with Gasteiger partial charge in [-0.2, -0.15) is 0 Å². The van der Waals surface area contributed by atoms with Crippen molar-refractivity contribution in [3.05, 3.63) is 21.7 Å². The van der Waals surface area contributed by atoms with Gasteiger partial charge in [0.2, 0.25) is 0 Å². The highest BCUT2D eigenvalue weighted by molar-refractivity contribution is 6.32. The van der Waals surface area contributed by atoms with Crippen molar-refractivity contribution in [1.82, 2.24) is 25.3 Å². The third-order valence-electron chi connectivity index (χ3n) is 2.83. The van der Waals surface area contributed by atoms with Crippen LogP contribution in [0.3, 0.4) is 0 Å². The molecule has 11 N–H and O–H groups in total. The highest BCUT2D eigenvalue weighted by Gasteiger charge is 2.16. The first-order chi connectivity index (χ1) is 13.1. The quantitative estimate of drug-likeness (QED) is 0.320. The Morgan fingerprint density at radius 3 is 1.82 bits per heavy atom. The Balaban J connectivity index is 0.000000283. The third-order valence-corrected chi connectivity index (χ3v) is 3.39. The smallest absolute Gasteiger partial charge is 0.360 e. The van der Waals surface area contributed by atoms with Crippen molar-refractivity contribution >= 4 is 58.3 Å². The number of nitrogens with zero attached hydrogens (tertiary/aromatic N) is 4. The summed E-state index contributed by atoms with van der Waals surface area (Å²) in [6.45, 7) is 0.643. The van der Waals surface area contributed by atoms with Gasteiger partial charge in [0.05, 0.1) is 7.11 Å². The molecule has 0 bridgehead atoms. The molecule has 2 aromatic heterocycles. The van der Waals surface area contributed by atoms with Crippen LogP contribution < -0.4 is 34.0 Å². The zero-order valence-corrected chi connectivity index (χ0v) is 16.1. The molecule has 0 aliphatic heterocycles. The van der Waals surface area contributed by atoms with E-state index in [1.165, 1.54) is 7.11 Å². The zero-order valence-electron chi connectivity index (χ0n) is 14.6. The second-order valence-corrected chi connectivity index (χ2v) is 5.52. The fourth-order valence-electron chi connectivity index (χ4n) is 1.57. The van der Waals surface area contributed by atoms with Crippen molar-refractivity contribution in [2.45, 2.75) is 0 Å². The molecule has 2 aromatic rings. The zero-order chi connectivity index (χ0) is 21.4. The molecule has 0 fully saturated rings. The average molecular weight is 433 g/mol. The van der Waals surface area contributed by atoms with Crippen LogP contribution in [0, 0.1) is 0 Å². The Labute approximate surface area is 168 Å². The molecular weight excluding hydrogens is 415 g/mol. The Morgan fingerprint density at radius 2 is 1.36 bits per heavy atom. The van der Waals surface area contributed by atoms with Gasteiger partial charge in [-0.3, -0.25) is 4.79 Å². The second-order valence-electron chi connectivity index (χ2n) is 4.80. The van der Waals surface area contributed by atoms with Gasteiger partial charge >= 0.3 is 5.97 Å². The minimum atomic E-state index is -0.702. The summed E-state index contributed by atoms with van der Waals surface area (Å²) in [6, 6.07) is 0. The lowest BCUT2D eigenvalue weighted by molar-refractivity contribution is 0.0595. The van der Waals surface area contributed by atoms with E-state index < -0.39 is 11.9 Å². The van der Waals surface area contributed by atoms with Crippen molar-refractivity contribution < 1.29 is 14.3 Å². The number of nitrogens with one attached hydrogen (secondary N) is 1. The lowest BCUT2D eigenvalue weighted by Crippen LogP contribution is -2.30. The van der Waals surface area contributed by atoms with Crippen LogP contribution in [0.4, 0.5) is 23.3 Å². The number of methoxy groups -OCH3 is 1. The van der Waals surface area contributed by atoms with Crippen LogP contribution in [-0.4, -0.2) is 52.0 Å². The van der Waals surface area contributed by atoms with E-state index in [4.69, 9.17) is 51.9 Å². The fraction of sp³-hybridized carbons (Fsp3) is 0.231. The van der Waals surface area contributed by atoms with Crippen LogP contribution in [0.25, 0.3) is 0 Å². The summed E-state index contributed by atoms with van der Waals surface area (Å²) in [7, 11) is 1.20. The van der Waals surface area contributed by atoms with Gasteiger partial charge in [-0.05, 0) is 0 Å². The highest BCUT2D eigenvalue weighted by atomic mass is 35.5. The molecule has 0 atom stereocenters. The number of carbonyl (C=O) groups is 2. The predicted octanol–water partition coefficient (Wildman–Crippen LogP) is -0.936. The summed E-state index contributed by atoms with van der Waals surface area (Å²) in [5.41, 5.74) is 26.5.